The monoisotopic (exact) mass is 334 g/mol. The highest BCUT2D eigenvalue weighted by Gasteiger charge is 2.23. The minimum Gasteiger partial charge on any atom is -0.352 e. The summed E-state index contributed by atoms with van der Waals surface area (Å²) < 4.78 is 15.8. The van der Waals surface area contributed by atoms with Crippen LogP contribution in [0.15, 0.2) is 12.7 Å². The SMILES string of the molecule is CCc1ncnc(N2CCCN(C(=O)Cn3cnnn3)CC2)c1F. The average molecular weight is 334 g/mol. The van der Waals surface area contributed by atoms with Crippen molar-refractivity contribution in [1.29, 1.82) is 0 Å². The Morgan fingerprint density at radius 2 is 2.12 bits per heavy atom. The zero-order valence-electron chi connectivity index (χ0n) is 13.5. The summed E-state index contributed by atoms with van der Waals surface area (Å²) in [6.07, 6.45) is 4.06. The molecular weight excluding hydrogens is 315 g/mol. The summed E-state index contributed by atoms with van der Waals surface area (Å²) in [5, 5.41) is 10.7. The Bertz CT molecular complexity index is 692. The fraction of sp³-hybridized carbons (Fsp3) is 0.571. The molecule has 0 saturated carbocycles. The van der Waals surface area contributed by atoms with Gasteiger partial charge in [-0.1, -0.05) is 6.92 Å². The highest BCUT2D eigenvalue weighted by Crippen LogP contribution is 2.20. The molecule has 3 heterocycles. The quantitative estimate of drug-likeness (QED) is 0.771. The first-order valence-electron chi connectivity index (χ1n) is 7.92. The van der Waals surface area contributed by atoms with Crippen LogP contribution >= 0.6 is 0 Å². The van der Waals surface area contributed by atoms with Crippen molar-refractivity contribution < 1.29 is 9.18 Å². The first kappa shape index (κ1) is 16.2. The largest absolute Gasteiger partial charge is 0.352 e. The molecule has 1 aliphatic rings. The van der Waals surface area contributed by atoms with Gasteiger partial charge in [0.2, 0.25) is 5.91 Å². The first-order chi connectivity index (χ1) is 11.7. The molecule has 24 heavy (non-hydrogen) atoms. The van der Waals surface area contributed by atoms with E-state index in [-0.39, 0.29) is 18.3 Å². The van der Waals surface area contributed by atoms with E-state index in [1.165, 1.54) is 17.3 Å². The van der Waals surface area contributed by atoms with Gasteiger partial charge >= 0.3 is 0 Å². The molecular formula is C14H19FN8O. The van der Waals surface area contributed by atoms with Crippen molar-refractivity contribution in [3.63, 3.8) is 0 Å². The third-order valence-corrected chi connectivity index (χ3v) is 4.02. The fourth-order valence-electron chi connectivity index (χ4n) is 2.73. The maximum Gasteiger partial charge on any atom is 0.244 e. The molecule has 2 aromatic rings. The lowest BCUT2D eigenvalue weighted by atomic mass is 10.3. The van der Waals surface area contributed by atoms with Crippen molar-refractivity contribution in [3.8, 4) is 0 Å². The number of anilines is 1. The molecule has 1 saturated heterocycles. The lowest BCUT2D eigenvalue weighted by molar-refractivity contribution is -0.131. The Labute approximate surface area is 138 Å². The first-order valence-corrected chi connectivity index (χ1v) is 7.92. The van der Waals surface area contributed by atoms with E-state index in [1.54, 1.807) is 4.90 Å². The van der Waals surface area contributed by atoms with Crippen LogP contribution in [0.3, 0.4) is 0 Å². The van der Waals surface area contributed by atoms with E-state index in [2.05, 4.69) is 25.5 Å². The maximum atomic E-state index is 14.4. The van der Waals surface area contributed by atoms with E-state index in [1.807, 2.05) is 11.8 Å². The number of rotatable bonds is 4. The van der Waals surface area contributed by atoms with E-state index >= 15 is 0 Å². The van der Waals surface area contributed by atoms with Gasteiger partial charge in [-0.05, 0) is 23.3 Å². The van der Waals surface area contributed by atoms with E-state index in [0.717, 1.165) is 6.42 Å². The highest BCUT2D eigenvalue weighted by molar-refractivity contribution is 5.76. The number of aromatic nitrogens is 6. The summed E-state index contributed by atoms with van der Waals surface area (Å²) in [6.45, 7) is 4.26. The summed E-state index contributed by atoms with van der Waals surface area (Å²) in [4.78, 5) is 24.0. The minimum atomic E-state index is -0.367. The smallest absolute Gasteiger partial charge is 0.244 e. The second-order valence-corrected chi connectivity index (χ2v) is 5.54. The number of amides is 1. The zero-order valence-corrected chi connectivity index (χ0v) is 13.5. The van der Waals surface area contributed by atoms with Gasteiger partial charge < -0.3 is 9.80 Å². The number of carbonyl (C=O) groups excluding carboxylic acids is 1. The Hall–Kier alpha value is -2.65. The van der Waals surface area contributed by atoms with Crippen molar-refractivity contribution in [2.24, 2.45) is 0 Å². The van der Waals surface area contributed by atoms with Crippen LogP contribution in [0.2, 0.25) is 0 Å². The molecule has 0 aliphatic carbocycles. The highest BCUT2D eigenvalue weighted by atomic mass is 19.1. The van der Waals surface area contributed by atoms with E-state index in [0.29, 0.717) is 44.1 Å². The van der Waals surface area contributed by atoms with Crippen LogP contribution in [0.4, 0.5) is 10.2 Å². The molecule has 2 aromatic heterocycles. The van der Waals surface area contributed by atoms with Crippen LogP contribution in [0.5, 0.6) is 0 Å². The van der Waals surface area contributed by atoms with Crippen LogP contribution in [0.25, 0.3) is 0 Å². The molecule has 0 aromatic carbocycles. The van der Waals surface area contributed by atoms with Crippen LogP contribution in [-0.4, -0.2) is 67.2 Å². The van der Waals surface area contributed by atoms with E-state index in [4.69, 9.17) is 0 Å². The Morgan fingerprint density at radius 3 is 2.88 bits per heavy atom. The number of aryl methyl sites for hydroxylation is 1. The van der Waals surface area contributed by atoms with Crippen molar-refractivity contribution in [3.05, 3.63) is 24.2 Å². The van der Waals surface area contributed by atoms with Crippen LogP contribution in [-0.2, 0) is 17.8 Å². The van der Waals surface area contributed by atoms with Crippen LogP contribution in [0.1, 0.15) is 19.0 Å². The summed E-state index contributed by atoms with van der Waals surface area (Å²) in [7, 11) is 0. The van der Waals surface area contributed by atoms with Gasteiger partial charge in [0, 0.05) is 26.2 Å². The topological polar surface area (TPSA) is 92.9 Å². The van der Waals surface area contributed by atoms with Gasteiger partial charge in [-0.25, -0.2) is 19.0 Å². The summed E-state index contributed by atoms with van der Waals surface area (Å²) in [6, 6.07) is 0. The van der Waals surface area contributed by atoms with Crippen LogP contribution < -0.4 is 4.90 Å². The minimum absolute atomic E-state index is 0.0541. The molecule has 0 spiro atoms. The third kappa shape index (κ3) is 3.47. The second kappa shape index (κ2) is 7.28. The molecule has 0 bridgehead atoms. The lowest BCUT2D eigenvalue weighted by Crippen LogP contribution is -2.37. The Balaban J connectivity index is 1.66. The van der Waals surface area contributed by atoms with Gasteiger partial charge in [-0.3, -0.25) is 4.79 Å². The number of hydrogen-bond acceptors (Lipinski definition) is 7. The Kier molecular flexibility index (Phi) is 4.92. The third-order valence-electron chi connectivity index (χ3n) is 4.02. The van der Waals surface area contributed by atoms with E-state index < -0.39 is 0 Å². The molecule has 10 heteroatoms. The maximum absolute atomic E-state index is 14.4. The van der Waals surface area contributed by atoms with Crippen molar-refractivity contribution >= 4 is 11.7 Å². The molecule has 0 N–H and O–H groups in total. The van der Waals surface area contributed by atoms with Crippen LogP contribution in [0, 0.1) is 5.82 Å². The summed E-state index contributed by atoms with van der Waals surface area (Å²) >= 11 is 0. The zero-order chi connectivity index (χ0) is 16.9. The molecule has 0 unspecified atom stereocenters. The Morgan fingerprint density at radius 1 is 1.25 bits per heavy atom. The van der Waals surface area contributed by atoms with Gasteiger partial charge in [0.15, 0.2) is 11.6 Å². The number of hydrogen-bond donors (Lipinski definition) is 0. The van der Waals surface area contributed by atoms with Crippen molar-refractivity contribution in [2.75, 3.05) is 31.1 Å². The lowest BCUT2D eigenvalue weighted by Gasteiger charge is -2.23. The molecule has 9 nitrogen and oxygen atoms in total. The predicted molar refractivity (Wildman–Crippen MR) is 82.6 cm³/mol. The van der Waals surface area contributed by atoms with Gasteiger partial charge in [0.25, 0.3) is 0 Å². The second-order valence-electron chi connectivity index (χ2n) is 5.54. The molecule has 0 radical (unpaired) electrons. The van der Waals surface area contributed by atoms with E-state index in [9.17, 15) is 9.18 Å². The van der Waals surface area contributed by atoms with Gasteiger partial charge in [-0.2, -0.15) is 0 Å². The normalized spacial score (nSPS) is 15.4. The molecule has 3 rings (SSSR count). The van der Waals surface area contributed by atoms with Gasteiger partial charge in [0.1, 0.15) is 19.2 Å². The molecule has 1 fully saturated rings. The molecule has 1 amide bonds. The number of halogens is 1. The summed E-state index contributed by atoms with van der Waals surface area (Å²) in [5.41, 5.74) is 0.413. The average Bonchev–Trinajstić information content (AvgIpc) is 2.97. The standard InChI is InChI=1S/C14H19FN8O/c1-2-11-13(15)14(17-9-16-11)22-5-3-4-21(6-7-22)12(24)8-23-10-18-19-20-23/h9-10H,2-8H2,1H3. The number of tetrazole rings is 1. The van der Waals surface area contributed by atoms with Crippen molar-refractivity contribution in [2.45, 2.75) is 26.3 Å². The van der Waals surface area contributed by atoms with Gasteiger partial charge in [-0.15, -0.1) is 5.10 Å². The molecule has 1 aliphatic heterocycles. The fourth-order valence-corrected chi connectivity index (χ4v) is 2.73. The summed E-state index contributed by atoms with van der Waals surface area (Å²) in [5.74, 6) is -0.105. The van der Waals surface area contributed by atoms with Gasteiger partial charge in [0.05, 0.1) is 5.69 Å². The van der Waals surface area contributed by atoms with Crippen molar-refractivity contribution in [1.82, 2.24) is 35.1 Å². The number of carbonyl (C=O) groups is 1. The number of nitrogens with zero attached hydrogens (tertiary/aromatic N) is 8. The predicted octanol–water partition coefficient (Wildman–Crippen LogP) is -0.0965. The molecule has 0 atom stereocenters. The molecule has 128 valence electrons.